The summed E-state index contributed by atoms with van der Waals surface area (Å²) >= 11 is 0. The van der Waals surface area contributed by atoms with Crippen molar-refractivity contribution >= 4 is 27.8 Å². The maximum atomic E-state index is 13.5. The minimum atomic E-state index is -3.97. The molecule has 2 aromatic carbocycles. The van der Waals surface area contributed by atoms with Gasteiger partial charge in [-0.05, 0) is 42.2 Å². The number of benzene rings is 2. The molecule has 208 valence electrons. The number of rotatable bonds is 11. The normalized spacial score (nSPS) is 18.7. The average molecular weight is 548 g/mol. The largest absolute Gasteiger partial charge is 0.462 e. The second-order valence-electron chi connectivity index (χ2n) is 10.7. The Kier molecular flexibility index (Phi) is 9.40. The number of hydrogen-bond donors (Lipinski definition) is 3. The molecule has 3 atom stereocenters. The van der Waals surface area contributed by atoms with Crippen molar-refractivity contribution in [2.45, 2.75) is 57.3 Å². The van der Waals surface area contributed by atoms with Crippen LogP contribution in [0.1, 0.15) is 33.3 Å². The van der Waals surface area contributed by atoms with Gasteiger partial charge in [-0.3, -0.25) is 0 Å². The molecule has 0 bridgehead atoms. The Hall–Kier alpha value is -3.15. The van der Waals surface area contributed by atoms with Gasteiger partial charge in [0.2, 0.25) is 16.1 Å². The third-order valence-electron chi connectivity index (χ3n) is 6.28. The summed E-state index contributed by atoms with van der Waals surface area (Å²) in [7, 11) is -3.97. The van der Waals surface area contributed by atoms with Crippen molar-refractivity contribution in [1.29, 1.82) is 0 Å². The summed E-state index contributed by atoms with van der Waals surface area (Å²) in [6.07, 6.45) is -3.10. The molecule has 38 heavy (non-hydrogen) atoms. The van der Waals surface area contributed by atoms with Crippen LogP contribution in [0.15, 0.2) is 59.5 Å². The first-order valence-electron chi connectivity index (χ1n) is 12.5. The molecule has 4 N–H and O–H groups in total. The van der Waals surface area contributed by atoms with Crippen LogP contribution in [0.5, 0.6) is 0 Å². The minimum Gasteiger partial charge on any atom is -0.462 e. The number of ether oxygens (including phenoxy) is 2. The van der Waals surface area contributed by atoms with Crippen LogP contribution in [0, 0.1) is 11.3 Å². The average Bonchev–Trinajstić information content (AvgIpc) is 3.10. The third kappa shape index (κ3) is 7.46. The van der Waals surface area contributed by atoms with E-state index in [9.17, 15) is 23.1 Å². The second-order valence-corrected chi connectivity index (χ2v) is 12.6. The third-order valence-corrected chi connectivity index (χ3v) is 8.12. The highest BCUT2D eigenvalue weighted by Gasteiger charge is 2.47. The van der Waals surface area contributed by atoms with Gasteiger partial charge in [0.15, 0.2) is 0 Å². The molecular formula is C27H37N3O7S. The molecule has 1 amide bonds. The van der Waals surface area contributed by atoms with Crippen molar-refractivity contribution in [2.75, 3.05) is 25.4 Å². The standard InChI is InChI=1S/C27H37N3O7S/c1-18(2)15-30(38(34,35)21-12-10-20(28)11-13-21)16-23(31)22(14-19-8-6-5-7-9-19)29-26(33)37-24-25(32)36-17-27(24,3)4/h5-13,18,22-24,31H,14-17,28H2,1-4H3,(H,29,33)/t22-,23+,24?/m1/s1. The van der Waals surface area contributed by atoms with E-state index in [1.165, 1.54) is 28.6 Å². The summed E-state index contributed by atoms with van der Waals surface area (Å²) in [5.74, 6) is -0.671. The molecule has 11 heteroatoms. The quantitative estimate of drug-likeness (QED) is 0.287. The highest BCUT2D eigenvalue weighted by molar-refractivity contribution is 7.89. The number of carbonyl (C=O) groups excluding carboxylic acids is 2. The zero-order chi connectivity index (χ0) is 28.1. The molecule has 0 spiro atoms. The molecule has 1 heterocycles. The van der Waals surface area contributed by atoms with E-state index in [0.717, 1.165) is 5.56 Å². The van der Waals surface area contributed by atoms with E-state index in [1.54, 1.807) is 13.8 Å². The molecule has 1 aliphatic heterocycles. The van der Waals surface area contributed by atoms with Gasteiger partial charge < -0.3 is 25.6 Å². The fourth-order valence-corrected chi connectivity index (χ4v) is 5.80. The van der Waals surface area contributed by atoms with Crippen LogP contribution in [0.3, 0.4) is 0 Å². The van der Waals surface area contributed by atoms with Crippen molar-refractivity contribution < 1.29 is 32.6 Å². The Morgan fingerprint density at radius 2 is 1.79 bits per heavy atom. The van der Waals surface area contributed by atoms with Gasteiger partial charge in [-0.2, -0.15) is 4.31 Å². The van der Waals surface area contributed by atoms with Crippen molar-refractivity contribution in [3.63, 3.8) is 0 Å². The molecule has 10 nitrogen and oxygen atoms in total. The number of esters is 1. The zero-order valence-corrected chi connectivity index (χ0v) is 23.0. The minimum absolute atomic E-state index is 0.0353. The van der Waals surface area contributed by atoms with Gasteiger partial charge >= 0.3 is 12.1 Å². The number of sulfonamides is 1. The molecule has 0 aromatic heterocycles. The van der Waals surface area contributed by atoms with Gasteiger partial charge in [0.05, 0.1) is 17.0 Å². The molecule has 0 saturated carbocycles. The summed E-state index contributed by atoms with van der Waals surface area (Å²) in [6.45, 7) is 7.23. The lowest BCUT2D eigenvalue weighted by Crippen LogP contribution is -2.52. The lowest BCUT2D eigenvalue weighted by atomic mass is 9.90. The fraction of sp³-hybridized carbons (Fsp3) is 0.481. The molecule has 1 fully saturated rings. The second kappa shape index (κ2) is 12.1. The molecule has 0 radical (unpaired) electrons. The predicted octanol–water partition coefficient (Wildman–Crippen LogP) is 2.57. The maximum absolute atomic E-state index is 13.5. The Bertz CT molecular complexity index is 1200. The van der Waals surface area contributed by atoms with Gasteiger partial charge in [0.25, 0.3) is 0 Å². The molecular weight excluding hydrogens is 510 g/mol. The first-order valence-corrected chi connectivity index (χ1v) is 13.9. The highest BCUT2D eigenvalue weighted by atomic mass is 32.2. The number of cyclic esters (lactones) is 1. The van der Waals surface area contributed by atoms with Crippen molar-refractivity contribution in [3.05, 3.63) is 60.2 Å². The summed E-state index contributed by atoms with van der Waals surface area (Å²) in [5.41, 5.74) is 6.26. The van der Waals surface area contributed by atoms with Crippen LogP contribution < -0.4 is 11.1 Å². The summed E-state index contributed by atoms with van der Waals surface area (Å²) in [5, 5.41) is 13.9. The number of nitrogen functional groups attached to an aromatic ring is 1. The number of amides is 1. The summed E-state index contributed by atoms with van der Waals surface area (Å²) in [4.78, 5) is 25.0. The molecule has 1 aliphatic rings. The Morgan fingerprint density at radius 3 is 2.34 bits per heavy atom. The van der Waals surface area contributed by atoms with E-state index < -0.39 is 45.8 Å². The van der Waals surface area contributed by atoms with Gasteiger partial charge in [-0.25, -0.2) is 18.0 Å². The van der Waals surface area contributed by atoms with Crippen LogP contribution in [0.2, 0.25) is 0 Å². The Balaban J connectivity index is 1.83. The van der Waals surface area contributed by atoms with Gasteiger partial charge in [-0.1, -0.05) is 58.0 Å². The monoisotopic (exact) mass is 547 g/mol. The van der Waals surface area contributed by atoms with Crippen molar-refractivity contribution in [2.24, 2.45) is 11.3 Å². The molecule has 0 aliphatic carbocycles. The van der Waals surface area contributed by atoms with Crippen LogP contribution in [-0.2, 0) is 30.7 Å². The Labute approximate surface area is 224 Å². The first-order chi connectivity index (χ1) is 17.8. The predicted molar refractivity (Wildman–Crippen MR) is 143 cm³/mol. The lowest BCUT2D eigenvalue weighted by molar-refractivity contribution is -0.145. The molecule has 3 rings (SSSR count). The zero-order valence-electron chi connectivity index (χ0n) is 22.2. The van der Waals surface area contributed by atoms with Crippen LogP contribution in [-0.4, -0.2) is 67.8 Å². The molecule has 2 aromatic rings. The topological polar surface area (TPSA) is 148 Å². The van der Waals surface area contributed by atoms with E-state index in [0.29, 0.717) is 5.69 Å². The number of carbonyl (C=O) groups is 2. The number of nitrogens with two attached hydrogens (primary N) is 1. The fourth-order valence-electron chi connectivity index (χ4n) is 4.18. The molecule has 1 unspecified atom stereocenters. The number of aliphatic hydroxyl groups is 1. The number of anilines is 1. The van der Waals surface area contributed by atoms with E-state index in [1.807, 2.05) is 44.2 Å². The molecule has 1 saturated heterocycles. The number of alkyl carbamates (subject to hydrolysis) is 1. The number of nitrogens with zero attached hydrogens (tertiary/aromatic N) is 1. The van der Waals surface area contributed by atoms with Crippen LogP contribution in [0.4, 0.5) is 10.5 Å². The van der Waals surface area contributed by atoms with Crippen molar-refractivity contribution in [3.8, 4) is 0 Å². The van der Waals surface area contributed by atoms with Gasteiger partial charge in [0, 0.05) is 24.2 Å². The SMILES string of the molecule is CC(C)CN(C[C@H](O)[C@@H](Cc1ccccc1)NC(=O)OC1C(=O)OCC1(C)C)S(=O)(=O)c1ccc(N)cc1. The van der Waals surface area contributed by atoms with Gasteiger partial charge in [0.1, 0.15) is 6.61 Å². The van der Waals surface area contributed by atoms with E-state index in [-0.39, 0.29) is 36.9 Å². The number of hydrogen-bond acceptors (Lipinski definition) is 8. The van der Waals surface area contributed by atoms with Crippen molar-refractivity contribution in [1.82, 2.24) is 9.62 Å². The maximum Gasteiger partial charge on any atom is 0.408 e. The Morgan fingerprint density at radius 1 is 1.16 bits per heavy atom. The number of nitrogens with one attached hydrogen (secondary N) is 1. The van der Waals surface area contributed by atoms with E-state index in [4.69, 9.17) is 15.2 Å². The van der Waals surface area contributed by atoms with E-state index in [2.05, 4.69) is 5.32 Å². The number of aliphatic hydroxyl groups excluding tert-OH is 1. The van der Waals surface area contributed by atoms with Crippen LogP contribution in [0.25, 0.3) is 0 Å². The van der Waals surface area contributed by atoms with Crippen LogP contribution >= 0.6 is 0 Å². The summed E-state index contributed by atoms with van der Waals surface area (Å²) < 4.78 is 38.6. The highest BCUT2D eigenvalue weighted by Crippen LogP contribution is 2.31. The lowest BCUT2D eigenvalue weighted by Gasteiger charge is -2.31. The first kappa shape index (κ1) is 29.4. The smallest absolute Gasteiger partial charge is 0.408 e. The van der Waals surface area contributed by atoms with Gasteiger partial charge in [-0.15, -0.1) is 0 Å². The van der Waals surface area contributed by atoms with E-state index >= 15 is 0 Å². The summed E-state index contributed by atoms with van der Waals surface area (Å²) in [6, 6.07) is 14.1.